The minimum absolute atomic E-state index is 0. The Morgan fingerprint density at radius 1 is 0.800 bits per heavy atom. The second-order valence-electron chi connectivity index (χ2n) is 0.679. The van der Waals surface area contributed by atoms with Gasteiger partial charge in [-0.3, -0.25) is 18.2 Å². The minimum Gasteiger partial charge on any atom is -0.750 e. The van der Waals surface area contributed by atoms with Gasteiger partial charge in [-0.2, -0.15) is 8.42 Å². The summed E-state index contributed by atoms with van der Waals surface area (Å²) in [4.78, 5) is 0. The summed E-state index contributed by atoms with van der Waals surface area (Å²) < 4.78 is 69.8. The van der Waals surface area contributed by atoms with E-state index in [1.807, 2.05) is 0 Å². The van der Waals surface area contributed by atoms with Crippen molar-refractivity contribution in [2.45, 2.75) is 0 Å². The monoisotopic (exact) mass is 303 g/mol. The van der Waals surface area contributed by atoms with Crippen molar-refractivity contribution in [2.24, 2.45) is 0 Å². The third-order valence-electron chi connectivity index (χ3n) is 0. The Labute approximate surface area is 115 Å². The van der Waals surface area contributed by atoms with Crippen molar-refractivity contribution in [3.05, 3.63) is 0 Å². The number of hydrogen-bond donors (Lipinski definition) is 6. The van der Waals surface area contributed by atoms with Gasteiger partial charge in [-0.05, 0) is 0 Å². The van der Waals surface area contributed by atoms with Gasteiger partial charge in [0.25, 0.3) is 22.7 Å². The van der Waals surface area contributed by atoms with E-state index in [2.05, 4.69) is 0 Å². The maximum atomic E-state index is 8.67. The summed E-state index contributed by atoms with van der Waals surface area (Å²) >= 11 is -8.08. The molecular formula is H10NNaO10S3. The SMILES string of the molecule is N.O.O=S(O)O.O=S(O)O.O=S([O-])O.[Na+]. The standard InChI is InChI=1S/H3N.Na.3H2O3S.H2O/c;;3*1-4(2)3;/h1H3;;3*(H2,1,2,3);1H2/q;+1;;;;/p-1. The van der Waals surface area contributed by atoms with Crippen molar-refractivity contribution in [1.82, 2.24) is 6.15 Å². The van der Waals surface area contributed by atoms with Crippen molar-refractivity contribution in [3.8, 4) is 0 Å². The first-order valence-corrected chi connectivity index (χ1v) is 4.74. The van der Waals surface area contributed by atoms with Gasteiger partial charge in [-0.25, -0.2) is 4.21 Å². The Hall–Kier alpha value is 1.13. The molecule has 0 saturated heterocycles. The van der Waals surface area contributed by atoms with Crippen LogP contribution in [0.25, 0.3) is 0 Å². The molecule has 1 atom stereocenters. The number of rotatable bonds is 0. The van der Waals surface area contributed by atoms with Crippen LogP contribution in [-0.2, 0) is 34.1 Å². The van der Waals surface area contributed by atoms with Gasteiger partial charge < -0.3 is 20.7 Å². The molecule has 0 heterocycles. The molecule has 0 saturated carbocycles. The Morgan fingerprint density at radius 3 is 0.800 bits per heavy atom. The van der Waals surface area contributed by atoms with Crippen LogP contribution in [0.15, 0.2) is 0 Å². The van der Waals surface area contributed by atoms with Gasteiger partial charge in [0.05, 0.1) is 11.4 Å². The fourth-order valence-electron chi connectivity index (χ4n) is 0. The van der Waals surface area contributed by atoms with Crippen molar-refractivity contribution in [3.63, 3.8) is 0 Å². The average molecular weight is 303 g/mol. The summed E-state index contributed by atoms with van der Waals surface area (Å²) in [7, 11) is 0. The zero-order chi connectivity index (χ0) is 10.7. The van der Waals surface area contributed by atoms with E-state index in [-0.39, 0.29) is 41.2 Å². The predicted octanol–water partition coefficient (Wildman–Crippen LogP) is -4.96. The van der Waals surface area contributed by atoms with Crippen LogP contribution in [-0.4, -0.2) is 45.4 Å². The second-order valence-corrected chi connectivity index (χ2v) is 2.04. The molecule has 0 aromatic rings. The zero-order valence-electron chi connectivity index (χ0n) is 7.30. The first-order valence-electron chi connectivity index (χ1n) is 1.58. The van der Waals surface area contributed by atoms with E-state index in [4.69, 9.17) is 39.9 Å². The van der Waals surface area contributed by atoms with Crippen LogP contribution in [0.1, 0.15) is 0 Å². The van der Waals surface area contributed by atoms with Crippen LogP contribution in [0.3, 0.4) is 0 Å². The normalized spacial score (nSPS) is 8.80. The maximum Gasteiger partial charge on any atom is 1.00 e. The molecule has 10 N–H and O–H groups in total. The molecule has 0 bridgehead atoms. The molecule has 0 rings (SSSR count). The molecule has 94 valence electrons. The second kappa shape index (κ2) is 29.4. The van der Waals surface area contributed by atoms with Crippen molar-refractivity contribution >= 4 is 34.1 Å². The van der Waals surface area contributed by atoms with E-state index >= 15 is 0 Å². The molecule has 0 aromatic carbocycles. The summed E-state index contributed by atoms with van der Waals surface area (Å²) in [5.74, 6) is 0. The van der Waals surface area contributed by atoms with Crippen LogP contribution in [0.5, 0.6) is 0 Å². The molecule has 0 radical (unpaired) electrons. The Bertz CT molecular complexity index is 118. The molecule has 1 unspecified atom stereocenters. The van der Waals surface area contributed by atoms with Crippen molar-refractivity contribution < 1.29 is 75.0 Å². The third-order valence-corrected chi connectivity index (χ3v) is 0. The van der Waals surface area contributed by atoms with Gasteiger partial charge in [0.1, 0.15) is 0 Å². The van der Waals surface area contributed by atoms with E-state index < -0.39 is 34.1 Å². The minimum atomic E-state index is -2.86. The number of hydrogen-bond acceptors (Lipinski definition) is 5. The van der Waals surface area contributed by atoms with Crippen LogP contribution in [0.4, 0.5) is 0 Å². The van der Waals surface area contributed by atoms with Gasteiger partial charge in [0, 0.05) is 0 Å². The first-order chi connectivity index (χ1) is 5.20. The molecule has 0 fully saturated rings. The molecule has 15 heavy (non-hydrogen) atoms. The van der Waals surface area contributed by atoms with Crippen LogP contribution >= 0.6 is 0 Å². The van der Waals surface area contributed by atoms with Crippen LogP contribution in [0.2, 0.25) is 0 Å². The maximum absolute atomic E-state index is 8.67. The molecule has 15 heteroatoms. The van der Waals surface area contributed by atoms with E-state index in [0.717, 1.165) is 0 Å². The molecule has 0 aromatic heterocycles. The molecule has 0 aliphatic rings. The van der Waals surface area contributed by atoms with Gasteiger partial charge >= 0.3 is 29.6 Å². The summed E-state index contributed by atoms with van der Waals surface area (Å²) in [5.41, 5.74) is 0. The van der Waals surface area contributed by atoms with Gasteiger partial charge in [-0.15, -0.1) is 0 Å². The van der Waals surface area contributed by atoms with E-state index in [1.165, 1.54) is 0 Å². The fourth-order valence-corrected chi connectivity index (χ4v) is 0. The summed E-state index contributed by atoms with van der Waals surface area (Å²) in [6.45, 7) is 0. The van der Waals surface area contributed by atoms with E-state index in [0.29, 0.717) is 0 Å². The Kier molecular flexibility index (Phi) is 70.6. The van der Waals surface area contributed by atoms with Crippen molar-refractivity contribution in [1.29, 1.82) is 0 Å². The van der Waals surface area contributed by atoms with E-state index in [1.54, 1.807) is 0 Å². The van der Waals surface area contributed by atoms with E-state index in [9.17, 15) is 0 Å². The van der Waals surface area contributed by atoms with Gasteiger partial charge in [0.15, 0.2) is 0 Å². The van der Waals surface area contributed by atoms with Gasteiger partial charge in [-0.1, -0.05) is 0 Å². The molecule has 0 aliphatic heterocycles. The smallest absolute Gasteiger partial charge is 0.750 e. The quantitative estimate of drug-likeness (QED) is 0.184. The molecular weight excluding hydrogens is 293 g/mol. The molecule has 0 amide bonds. The van der Waals surface area contributed by atoms with Crippen molar-refractivity contribution in [2.75, 3.05) is 0 Å². The molecule has 0 spiro atoms. The summed E-state index contributed by atoms with van der Waals surface area (Å²) in [6.07, 6.45) is 0. The fraction of sp³-hybridized carbons (Fsp3) is 0. The Balaban J connectivity index is -0.0000000184. The molecule has 0 aliphatic carbocycles. The predicted molar refractivity (Wildman–Crippen MR) is 47.0 cm³/mol. The first kappa shape index (κ1) is 36.0. The summed E-state index contributed by atoms with van der Waals surface area (Å²) in [6, 6.07) is 0. The largest absolute Gasteiger partial charge is 1.00 e. The topological polar surface area (TPSA) is 242 Å². The van der Waals surface area contributed by atoms with Gasteiger partial charge in [0.2, 0.25) is 0 Å². The average Bonchev–Trinajstić information content (AvgIpc) is 1.54. The van der Waals surface area contributed by atoms with Crippen LogP contribution < -0.4 is 35.7 Å². The molecule has 11 nitrogen and oxygen atoms in total. The van der Waals surface area contributed by atoms with Crippen LogP contribution in [0, 0.1) is 0 Å². The Morgan fingerprint density at radius 2 is 0.800 bits per heavy atom. The summed E-state index contributed by atoms with van der Waals surface area (Å²) in [5, 5.41) is 0. The zero-order valence-corrected chi connectivity index (χ0v) is 11.8. The third kappa shape index (κ3) is 2040.